The number of hydrogen-bond acceptors (Lipinski definition) is 2. The second-order valence-corrected chi connectivity index (χ2v) is 8.41. The zero-order valence-electron chi connectivity index (χ0n) is 7.27. The summed E-state index contributed by atoms with van der Waals surface area (Å²) in [6.07, 6.45) is 2.44. The fourth-order valence-corrected chi connectivity index (χ4v) is 2.91. The van der Waals surface area contributed by atoms with Gasteiger partial charge in [-0.2, -0.15) is 0 Å². The fraction of sp³-hybridized carbons (Fsp3) is 1.00. The summed E-state index contributed by atoms with van der Waals surface area (Å²) in [4.78, 5) is 0. The van der Waals surface area contributed by atoms with Gasteiger partial charge in [-0.1, -0.05) is 45.2 Å². The van der Waals surface area contributed by atoms with Crippen LogP contribution in [-0.2, 0) is 0 Å². The molecule has 0 radical (unpaired) electrons. The predicted molar refractivity (Wildman–Crippen MR) is 65.9 cm³/mol. The molecular formula is C8H14I2O2. The Hall–Kier alpha value is 1.38. The van der Waals surface area contributed by atoms with Crippen LogP contribution < -0.4 is 0 Å². The predicted octanol–water partition coefficient (Wildman–Crippen LogP) is 2.24. The minimum atomic E-state index is -1.51. The molecule has 0 aliphatic heterocycles. The second-order valence-electron chi connectivity index (χ2n) is 3.87. The van der Waals surface area contributed by atoms with E-state index in [0.29, 0.717) is 6.42 Å². The molecule has 0 bridgehead atoms. The van der Waals surface area contributed by atoms with E-state index >= 15 is 0 Å². The molecule has 0 aromatic rings. The van der Waals surface area contributed by atoms with E-state index < -0.39 is 9.21 Å². The zero-order chi connectivity index (χ0) is 9.62. The lowest BCUT2D eigenvalue weighted by Crippen LogP contribution is -2.60. The Labute approximate surface area is 100 Å². The van der Waals surface area contributed by atoms with Crippen molar-refractivity contribution in [1.29, 1.82) is 0 Å². The molecule has 1 aliphatic rings. The molecular weight excluding hydrogens is 382 g/mol. The number of halogens is 2. The van der Waals surface area contributed by atoms with Crippen LogP contribution in [0.25, 0.3) is 0 Å². The zero-order valence-corrected chi connectivity index (χ0v) is 11.6. The van der Waals surface area contributed by atoms with Crippen molar-refractivity contribution in [2.45, 2.75) is 45.7 Å². The Morgan fingerprint density at radius 3 is 1.92 bits per heavy atom. The van der Waals surface area contributed by atoms with E-state index in [2.05, 4.69) is 52.1 Å². The average Bonchev–Trinajstić information content (AvgIpc) is 1.83. The van der Waals surface area contributed by atoms with Gasteiger partial charge in [0, 0.05) is 9.84 Å². The summed E-state index contributed by atoms with van der Waals surface area (Å²) in [5.41, 5.74) is 0. The molecule has 0 spiro atoms. The highest BCUT2D eigenvalue weighted by Crippen LogP contribution is 2.53. The molecule has 2 unspecified atom stereocenters. The lowest BCUT2D eigenvalue weighted by Gasteiger charge is -2.50. The van der Waals surface area contributed by atoms with Crippen LogP contribution in [0.3, 0.4) is 0 Å². The molecule has 0 saturated heterocycles. The molecule has 1 aliphatic carbocycles. The SMILES string of the molecule is CC1(I)CCCC(O)(O)C1(C)I. The van der Waals surface area contributed by atoms with Gasteiger partial charge >= 0.3 is 0 Å². The number of aliphatic hydroxyl groups is 2. The van der Waals surface area contributed by atoms with Crippen LogP contribution in [0.2, 0.25) is 0 Å². The molecule has 12 heavy (non-hydrogen) atoms. The van der Waals surface area contributed by atoms with Gasteiger partial charge in [0.25, 0.3) is 0 Å². The van der Waals surface area contributed by atoms with E-state index in [1.54, 1.807) is 0 Å². The topological polar surface area (TPSA) is 40.5 Å². The van der Waals surface area contributed by atoms with Crippen LogP contribution in [0, 0.1) is 0 Å². The molecule has 0 amide bonds. The molecule has 4 heteroatoms. The van der Waals surface area contributed by atoms with Gasteiger partial charge in [0.05, 0.1) is 3.42 Å². The normalized spacial score (nSPS) is 47.5. The van der Waals surface area contributed by atoms with Gasteiger partial charge in [-0.05, 0) is 26.7 Å². The number of rotatable bonds is 0. The first-order valence-electron chi connectivity index (χ1n) is 4.03. The third kappa shape index (κ3) is 1.64. The standard InChI is InChI=1S/C8H14I2O2/c1-6(9)4-3-5-8(11,12)7(6,2)10/h11-12H,3-5H2,1-2H3. The Kier molecular flexibility index (Phi) is 3.06. The first-order valence-corrected chi connectivity index (χ1v) is 6.19. The van der Waals surface area contributed by atoms with Crippen LogP contribution in [0.5, 0.6) is 0 Å². The molecule has 2 nitrogen and oxygen atoms in total. The van der Waals surface area contributed by atoms with Gasteiger partial charge in [-0.3, -0.25) is 0 Å². The van der Waals surface area contributed by atoms with Crippen LogP contribution >= 0.6 is 45.2 Å². The molecule has 0 aromatic heterocycles. The second kappa shape index (κ2) is 3.20. The van der Waals surface area contributed by atoms with Gasteiger partial charge in [0.1, 0.15) is 0 Å². The lowest BCUT2D eigenvalue weighted by molar-refractivity contribution is -0.198. The third-order valence-corrected chi connectivity index (χ3v) is 7.61. The van der Waals surface area contributed by atoms with E-state index in [-0.39, 0.29) is 3.42 Å². The van der Waals surface area contributed by atoms with Gasteiger partial charge in [-0.15, -0.1) is 0 Å². The minimum Gasteiger partial charge on any atom is -0.364 e. The van der Waals surface area contributed by atoms with Crippen molar-refractivity contribution in [3.05, 3.63) is 0 Å². The maximum Gasteiger partial charge on any atom is 0.178 e. The summed E-state index contributed by atoms with van der Waals surface area (Å²) in [6, 6.07) is 0. The summed E-state index contributed by atoms with van der Waals surface area (Å²) in [5, 5.41) is 19.6. The Balaban J connectivity index is 2.99. The lowest BCUT2D eigenvalue weighted by atomic mass is 9.77. The van der Waals surface area contributed by atoms with E-state index in [1.165, 1.54) is 0 Å². The smallest absolute Gasteiger partial charge is 0.178 e. The summed E-state index contributed by atoms with van der Waals surface area (Å²) in [7, 11) is 0. The molecule has 0 aromatic carbocycles. The highest BCUT2D eigenvalue weighted by Gasteiger charge is 2.56. The minimum absolute atomic E-state index is 0.0347. The maximum atomic E-state index is 9.78. The summed E-state index contributed by atoms with van der Waals surface area (Å²) in [6.45, 7) is 4.00. The molecule has 2 atom stereocenters. The molecule has 2 N–H and O–H groups in total. The Morgan fingerprint density at radius 1 is 1.08 bits per heavy atom. The fourth-order valence-electron chi connectivity index (χ4n) is 1.55. The summed E-state index contributed by atoms with van der Waals surface area (Å²) >= 11 is 4.50. The van der Waals surface area contributed by atoms with Gasteiger partial charge in [-0.25, -0.2) is 0 Å². The van der Waals surface area contributed by atoms with Gasteiger partial charge in [0.2, 0.25) is 0 Å². The van der Waals surface area contributed by atoms with E-state index in [4.69, 9.17) is 0 Å². The Morgan fingerprint density at radius 2 is 1.58 bits per heavy atom. The number of hydrogen-bond donors (Lipinski definition) is 2. The van der Waals surface area contributed by atoms with Crippen molar-refractivity contribution in [3.8, 4) is 0 Å². The summed E-state index contributed by atoms with van der Waals surface area (Å²) in [5.74, 6) is -1.51. The van der Waals surface area contributed by atoms with Crippen molar-refractivity contribution in [2.75, 3.05) is 0 Å². The highest BCUT2D eigenvalue weighted by molar-refractivity contribution is 14.1. The monoisotopic (exact) mass is 396 g/mol. The number of alkyl halides is 2. The molecule has 1 rings (SSSR count). The van der Waals surface area contributed by atoms with Crippen LogP contribution in [-0.4, -0.2) is 22.8 Å². The van der Waals surface area contributed by atoms with Crippen molar-refractivity contribution in [3.63, 3.8) is 0 Å². The third-order valence-electron chi connectivity index (χ3n) is 2.90. The van der Waals surface area contributed by atoms with E-state index in [0.717, 1.165) is 12.8 Å². The van der Waals surface area contributed by atoms with Crippen molar-refractivity contribution in [2.24, 2.45) is 0 Å². The van der Waals surface area contributed by atoms with Crippen LogP contribution in [0.1, 0.15) is 33.1 Å². The van der Waals surface area contributed by atoms with Gasteiger partial charge < -0.3 is 10.2 Å². The van der Waals surface area contributed by atoms with Crippen LogP contribution in [0.15, 0.2) is 0 Å². The maximum absolute atomic E-state index is 9.78. The van der Waals surface area contributed by atoms with Crippen molar-refractivity contribution >= 4 is 45.2 Å². The summed E-state index contributed by atoms with van der Waals surface area (Å²) < 4.78 is -0.496. The average molecular weight is 396 g/mol. The van der Waals surface area contributed by atoms with Crippen LogP contribution in [0.4, 0.5) is 0 Å². The largest absolute Gasteiger partial charge is 0.364 e. The molecule has 1 fully saturated rings. The van der Waals surface area contributed by atoms with Crippen molar-refractivity contribution in [1.82, 2.24) is 0 Å². The highest BCUT2D eigenvalue weighted by atomic mass is 127. The Bertz CT molecular complexity index is 169. The molecule has 72 valence electrons. The van der Waals surface area contributed by atoms with Crippen molar-refractivity contribution < 1.29 is 10.2 Å². The first kappa shape index (κ1) is 11.5. The van der Waals surface area contributed by atoms with E-state index in [1.807, 2.05) is 6.92 Å². The van der Waals surface area contributed by atoms with Gasteiger partial charge in [0.15, 0.2) is 5.79 Å². The van der Waals surface area contributed by atoms with E-state index in [9.17, 15) is 10.2 Å². The molecule has 1 saturated carbocycles. The first-order chi connectivity index (χ1) is 5.21. The quantitative estimate of drug-likeness (QED) is 0.375. The molecule has 0 heterocycles.